The molecule has 28 heavy (non-hydrogen) atoms. The summed E-state index contributed by atoms with van der Waals surface area (Å²) in [6.07, 6.45) is 0. The van der Waals surface area contributed by atoms with Gasteiger partial charge in [-0.05, 0) is 55.4 Å². The molecule has 1 aliphatic rings. The Morgan fingerprint density at radius 2 is 1.79 bits per heavy atom. The first kappa shape index (κ1) is 19.7. The van der Waals surface area contributed by atoms with E-state index in [1.54, 1.807) is 14.2 Å². The van der Waals surface area contributed by atoms with Gasteiger partial charge >= 0.3 is 0 Å². The van der Waals surface area contributed by atoms with Gasteiger partial charge < -0.3 is 25.4 Å². The van der Waals surface area contributed by atoms with Crippen molar-refractivity contribution < 1.29 is 14.3 Å². The second-order valence-corrected chi connectivity index (χ2v) is 6.86. The quantitative estimate of drug-likeness (QED) is 0.672. The second-order valence-electron chi connectivity index (χ2n) is 6.45. The van der Waals surface area contributed by atoms with Gasteiger partial charge in [-0.1, -0.05) is 24.3 Å². The lowest BCUT2D eigenvalue weighted by Crippen LogP contribution is -2.45. The third-order valence-corrected chi connectivity index (χ3v) is 4.87. The SMILES string of the molecule is COc1ccc([C@H]2NC(=S)NC(C)=C2C(=O)Nc2ccccc2C)cc1OC. The first-order valence-electron chi connectivity index (χ1n) is 8.81. The number of anilines is 1. The molecule has 6 nitrogen and oxygen atoms in total. The maximum absolute atomic E-state index is 13.1. The molecule has 0 saturated carbocycles. The molecule has 3 rings (SSSR count). The highest BCUT2D eigenvalue weighted by atomic mass is 32.1. The van der Waals surface area contributed by atoms with Gasteiger partial charge in [0.2, 0.25) is 0 Å². The van der Waals surface area contributed by atoms with E-state index in [9.17, 15) is 4.79 Å². The summed E-state index contributed by atoms with van der Waals surface area (Å²) < 4.78 is 10.7. The number of thiocarbonyl (C=S) groups is 1. The zero-order valence-corrected chi connectivity index (χ0v) is 17.1. The molecule has 0 radical (unpaired) electrons. The molecule has 0 aliphatic carbocycles. The Bertz CT molecular complexity index is 956. The molecule has 0 spiro atoms. The lowest BCUT2D eigenvalue weighted by atomic mass is 9.94. The molecule has 1 atom stereocenters. The monoisotopic (exact) mass is 397 g/mol. The summed E-state index contributed by atoms with van der Waals surface area (Å²) in [6.45, 7) is 3.79. The lowest BCUT2D eigenvalue weighted by Gasteiger charge is -2.30. The van der Waals surface area contributed by atoms with Crippen molar-refractivity contribution in [1.29, 1.82) is 0 Å². The standard InChI is InChI=1S/C21H23N3O3S/c1-12-7-5-6-8-15(12)23-20(25)18-13(2)22-21(28)24-19(18)14-9-10-16(26-3)17(11-14)27-4/h5-11,19H,1-4H3,(H,23,25)(H2,22,24,28)/t19-/m1/s1. The number of benzene rings is 2. The number of carbonyl (C=O) groups is 1. The predicted octanol–water partition coefficient (Wildman–Crippen LogP) is 3.44. The van der Waals surface area contributed by atoms with Crippen LogP contribution in [0.25, 0.3) is 0 Å². The van der Waals surface area contributed by atoms with E-state index in [1.807, 2.05) is 56.3 Å². The van der Waals surface area contributed by atoms with Crippen LogP contribution in [0.3, 0.4) is 0 Å². The minimum Gasteiger partial charge on any atom is -0.493 e. The Balaban J connectivity index is 1.99. The van der Waals surface area contributed by atoms with Crippen molar-refractivity contribution in [2.24, 2.45) is 0 Å². The highest BCUT2D eigenvalue weighted by molar-refractivity contribution is 7.80. The van der Waals surface area contributed by atoms with Crippen LogP contribution in [0.5, 0.6) is 11.5 Å². The first-order chi connectivity index (χ1) is 13.4. The molecule has 0 saturated heterocycles. The Morgan fingerprint density at radius 3 is 2.46 bits per heavy atom. The van der Waals surface area contributed by atoms with Crippen molar-refractivity contribution in [2.75, 3.05) is 19.5 Å². The van der Waals surface area contributed by atoms with Crippen molar-refractivity contribution in [3.8, 4) is 11.5 Å². The molecule has 0 unspecified atom stereocenters. The highest BCUT2D eigenvalue weighted by Gasteiger charge is 2.30. The fourth-order valence-electron chi connectivity index (χ4n) is 3.18. The molecule has 0 aromatic heterocycles. The fourth-order valence-corrected chi connectivity index (χ4v) is 3.45. The third kappa shape index (κ3) is 3.94. The molecule has 1 amide bonds. The van der Waals surface area contributed by atoms with Crippen LogP contribution >= 0.6 is 12.2 Å². The number of para-hydroxylation sites is 1. The number of carbonyl (C=O) groups excluding carboxylic acids is 1. The van der Waals surface area contributed by atoms with Gasteiger partial charge in [0.15, 0.2) is 16.6 Å². The molecule has 146 valence electrons. The average Bonchev–Trinajstić information content (AvgIpc) is 2.68. The molecular formula is C21H23N3O3S. The van der Waals surface area contributed by atoms with Gasteiger partial charge in [0.25, 0.3) is 5.91 Å². The molecule has 3 N–H and O–H groups in total. The molecule has 0 fully saturated rings. The summed E-state index contributed by atoms with van der Waals surface area (Å²) in [6, 6.07) is 12.8. The van der Waals surface area contributed by atoms with E-state index in [0.717, 1.165) is 16.8 Å². The number of aryl methyl sites for hydroxylation is 1. The number of rotatable bonds is 5. The van der Waals surface area contributed by atoms with E-state index in [0.29, 0.717) is 27.9 Å². The van der Waals surface area contributed by atoms with Gasteiger partial charge in [-0.25, -0.2) is 0 Å². The summed E-state index contributed by atoms with van der Waals surface area (Å²) in [5, 5.41) is 9.70. The zero-order valence-electron chi connectivity index (χ0n) is 16.3. The van der Waals surface area contributed by atoms with E-state index in [1.165, 1.54) is 0 Å². The summed E-state index contributed by atoms with van der Waals surface area (Å²) in [4.78, 5) is 13.1. The molecule has 7 heteroatoms. The smallest absolute Gasteiger partial charge is 0.255 e. The minimum absolute atomic E-state index is 0.200. The Labute approximate surface area is 169 Å². The van der Waals surface area contributed by atoms with Crippen molar-refractivity contribution in [1.82, 2.24) is 10.6 Å². The number of methoxy groups -OCH3 is 2. The summed E-state index contributed by atoms with van der Waals surface area (Å²) in [5.74, 6) is 1.01. The number of hydrogen-bond acceptors (Lipinski definition) is 4. The second kappa shape index (κ2) is 8.31. The maximum atomic E-state index is 13.1. The molecule has 2 aromatic carbocycles. The van der Waals surface area contributed by atoms with E-state index >= 15 is 0 Å². The van der Waals surface area contributed by atoms with Crippen LogP contribution in [-0.2, 0) is 4.79 Å². The lowest BCUT2D eigenvalue weighted by molar-refractivity contribution is -0.113. The molecule has 0 bridgehead atoms. The number of hydrogen-bond donors (Lipinski definition) is 3. The van der Waals surface area contributed by atoms with Crippen LogP contribution in [0.4, 0.5) is 5.69 Å². The van der Waals surface area contributed by atoms with E-state index < -0.39 is 6.04 Å². The van der Waals surface area contributed by atoms with Crippen LogP contribution in [-0.4, -0.2) is 25.2 Å². The molecule has 1 heterocycles. The third-order valence-electron chi connectivity index (χ3n) is 4.65. The minimum atomic E-state index is -0.419. The van der Waals surface area contributed by atoms with Crippen molar-refractivity contribution in [3.63, 3.8) is 0 Å². The van der Waals surface area contributed by atoms with Crippen molar-refractivity contribution >= 4 is 28.9 Å². The normalized spacial score (nSPS) is 16.1. The van der Waals surface area contributed by atoms with Crippen LogP contribution in [0.1, 0.15) is 24.1 Å². The van der Waals surface area contributed by atoms with Crippen LogP contribution in [0.2, 0.25) is 0 Å². The van der Waals surface area contributed by atoms with Gasteiger partial charge in [-0.2, -0.15) is 0 Å². The first-order valence-corrected chi connectivity index (χ1v) is 9.22. The number of nitrogens with one attached hydrogen (secondary N) is 3. The number of amides is 1. The van der Waals surface area contributed by atoms with Gasteiger partial charge in [0.1, 0.15) is 0 Å². The summed E-state index contributed by atoms with van der Waals surface area (Å²) in [5.41, 5.74) is 3.87. The molecule has 1 aliphatic heterocycles. The zero-order chi connectivity index (χ0) is 20.3. The highest BCUT2D eigenvalue weighted by Crippen LogP contribution is 2.34. The van der Waals surface area contributed by atoms with Crippen LogP contribution < -0.4 is 25.4 Å². The average molecular weight is 398 g/mol. The van der Waals surface area contributed by atoms with Gasteiger partial charge in [-0.15, -0.1) is 0 Å². The Hall–Kier alpha value is -3.06. The predicted molar refractivity (Wildman–Crippen MR) is 114 cm³/mol. The molecular weight excluding hydrogens is 374 g/mol. The largest absolute Gasteiger partial charge is 0.493 e. The number of allylic oxidation sites excluding steroid dienone is 1. The topological polar surface area (TPSA) is 71.6 Å². The van der Waals surface area contributed by atoms with Gasteiger partial charge in [0.05, 0.1) is 25.8 Å². The van der Waals surface area contributed by atoms with Crippen molar-refractivity contribution in [3.05, 3.63) is 64.9 Å². The number of ether oxygens (including phenoxy) is 2. The Morgan fingerprint density at radius 1 is 1.07 bits per heavy atom. The van der Waals surface area contributed by atoms with Crippen LogP contribution in [0.15, 0.2) is 53.7 Å². The van der Waals surface area contributed by atoms with E-state index in [4.69, 9.17) is 21.7 Å². The van der Waals surface area contributed by atoms with Crippen LogP contribution in [0, 0.1) is 6.92 Å². The van der Waals surface area contributed by atoms with Gasteiger partial charge in [0, 0.05) is 11.4 Å². The Kier molecular flexibility index (Phi) is 5.84. The summed E-state index contributed by atoms with van der Waals surface area (Å²) in [7, 11) is 3.16. The van der Waals surface area contributed by atoms with E-state index in [-0.39, 0.29) is 5.91 Å². The fraction of sp³-hybridized carbons (Fsp3) is 0.238. The van der Waals surface area contributed by atoms with Crippen molar-refractivity contribution in [2.45, 2.75) is 19.9 Å². The van der Waals surface area contributed by atoms with Gasteiger partial charge in [-0.3, -0.25) is 4.79 Å². The summed E-state index contributed by atoms with van der Waals surface area (Å²) >= 11 is 5.32. The van der Waals surface area contributed by atoms with E-state index in [2.05, 4.69) is 16.0 Å². The molecule has 2 aromatic rings. The maximum Gasteiger partial charge on any atom is 0.255 e.